The Morgan fingerprint density at radius 1 is 1.32 bits per heavy atom. The van der Waals surface area contributed by atoms with Gasteiger partial charge in [0, 0.05) is 11.5 Å². The molecule has 1 heterocycles. The summed E-state index contributed by atoms with van der Waals surface area (Å²) >= 11 is 0. The van der Waals surface area contributed by atoms with Gasteiger partial charge < -0.3 is 15.2 Å². The smallest absolute Gasteiger partial charge is 0.280 e. The van der Waals surface area contributed by atoms with E-state index in [0.29, 0.717) is 39.7 Å². The van der Waals surface area contributed by atoms with Crippen molar-refractivity contribution in [3.8, 4) is 5.75 Å². The Morgan fingerprint density at radius 2 is 2.12 bits per heavy atom. The van der Waals surface area contributed by atoms with Crippen LogP contribution in [-0.4, -0.2) is 28.4 Å². The van der Waals surface area contributed by atoms with Gasteiger partial charge in [0.1, 0.15) is 17.4 Å². The third-order valence-corrected chi connectivity index (χ3v) is 4.05. The summed E-state index contributed by atoms with van der Waals surface area (Å²) in [6, 6.07) is 10.1. The van der Waals surface area contributed by atoms with Crippen LogP contribution in [0.5, 0.6) is 5.75 Å². The van der Waals surface area contributed by atoms with Gasteiger partial charge in [-0.2, -0.15) is 0 Å². The maximum Gasteiger partial charge on any atom is 0.280 e. The molecule has 0 amide bonds. The number of nitro groups is 1. The molecule has 1 atom stereocenters. The van der Waals surface area contributed by atoms with E-state index in [9.17, 15) is 15.2 Å². The van der Waals surface area contributed by atoms with E-state index >= 15 is 0 Å². The lowest BCUT2D eigenvalue weighted by Crippen LogP contribution is -2.18. The van der Waals surface area contributed by atoms with Gasteiger partial charge in [-0.25, -0.2) is 4.98 Å². The fourth-order valence-corrected chi connectivity index (χ4v) is 2.90. The first-order chi connectivity index (χ1) is 12.0. The zero-order valence-electron chi connectivity index (χ0n) is 14.0. The van der Waals surface area contributed by atoms with Crippen LogP contribution in [0, 0.1) is 10.1 Å². The Balaban J connectivity index is 2.37. The van der Waals surface area contributed by atoms with Crippen LogP contribution in [0.1, 0.15) is 19.8 Å². The molecule has 0 aliphatic heterocycles. The molecule has 3 aromatic rings. The number of benzene rings is 2. The van der Waals surface area contributed by atoms with Gasteiger partial charge in [-0.1, -0.05) is 19.4 Å². The minimum absolute atomic E-state index is 0.0547. The number of anilines is 1. The standard InChI is InChI=1S/C18H19N3O4/c1-3-5-16(22)20-18-12-10-11(25-2)8-9-13(12)19-14-6-4-7-15(17(14)18)21(23)24/h4,6-10,16,22H,3,5H2,1-2H3,(H,19,20). The fraction of sp³-hybridized carbons (Fsp3) is 0.278. The molecule has 1 unspecified atom stereocenters. The third-order valence-electron chi connectivity index (χ3n) is 4.05. The van der Waals surface area contributed by atoms with Crippen molar-refractivity contribution in [1.29, 1.82) is 0 Å². The van der Waals surface area contributed by atoms with E-state index in [1.807, 2.05) is 6.92 Å². The van der Waals surface area contributed by atoms with E-state index < -0.39 is 11.2 Å². The molecule has 1 aromatic heterocycles. The van der Waals surface area contributed by atoms with Gasteiger partial charge in [0.2, 0.25) is 0 Å². The van der Waals surface area contributed by atoms with Crippen molar-refractivity contribution in [2.24, 2.45) is 0 Å². The highest BCUT2D eigenvalue weighted by atomic mass is 16.6. The summed E-state index contributed by atoms with van der Waals surface area (Å²) in [7, 11) is 1.55. The quantitative estimate of drug-likeness (QED) is 0.306. The Morgan fingerprint density at radius 3 is 2.80 bits per heavy atom. The first kappa shape index (κ1) is 16.9. The van der Waals surface area contributed by atoms with E-state index in [2.05, 4.69) is 10.3 Å². The molecule has 130 valence electrons. The lowest BCUT2D eigenvalue weighted by atomic mass is 10.1. The number of hydrogen-bond acceptors (Lipinski definition) is 6. The molecule has 7 heteroatoms. The van der Waals surface area contributed by atoms with Crippen LogP contribution in [-0.2, 0) is 0 Å². The molecule has 0 aliphatic carbocycles. The summed E-state index contributed by atoms with van der Waals surface area (Å²) in [5, 5.41) is 25.8. The van der Waals surface area contributed by atoms with Crippen LogP contribution in [0.2, 0.25) is 0 Å². The number of aliphatic hydroxyl groups excluding tert-OH is 1. The van der Waals surface area contributed by atoms with Crippen LogP contribution in [0.4, 0.5) is 11.4 Å². The van der Waals surface area contributed by atoms with Crippen LogP contribution >= 0.6 is 0 Å². The summed E-state index contributed by atoms with van der Waals surface area (Å²) in [6.07, 6.45) is 0.487. The Bertz CT molecular complexity index is 942. The number of aliphatic hydroxyl groups is 1. The average Bonchev–Trinajstić information content (AvgIpc) is 2.60. The van der Waals surface area contributed by atoms with E-state index in [-0.39, 0.29) is 5.69 Å². The number of ether oxygens (including phenoxy) is 1. The molecule has 0 saturated heterocycles. The Hall–Kier alpha value is -2.93. The molecule has 0 aliphatic rings. The molecule has 2 aromatic carbocycles. The van der Waals surface area contributed by atoms with Gasteiger partial charge in [0.25, 0.3) is 5.69 Å². The maximum atomic E-state index is 11.5. The average molecular weight is 341 g/mol. The number of methoxy groups -OCH3 is 1. The molecular weight excluding hydrogens is 322 g/mol. The summed E-state index contributed by atoms with van der Waals surface area (Å²) in [6.45, 7) is 1.96. The molecule has 0 radical (unpaired) electrons. The predicted molar refractivity (Wildman–Crippen MR) is 97.0 cm³/mol. The second-order valence-electron chi connectivity index (χ2n) is 5.75. The van der Waals surface area contributed by atoms with E-state index in [1.165, 1.54) is 6.07 Å². The van der Waals surface area contributed by atoms with Gasteiger partial charge in [0.05, 0.1) is 28.8 Å². The number of non-ortho nitro benzene ring substituents is 1. The molecule has 0 fully saturated rings. The lowest BCUT2D eigenvalue weighted by Gasteiger charge is -2.18. The number of aromatic nitrogens is 1. The second kappa shape index (κ2) is 6.90. The molecule has 3 rings (SSSR count). The van der Waals surface area contributed by atoms with E-state index in [1.54, 1.807) is 37.4 Å². The van der Waals surface area contributed by atoms with Gasteiger partial charge in [-0.15, -0.1) is 0 Å². The summed E-state index contributed by atoms with van der Waals surface area (Å²) in [5.74, 6) is 0.611. The maximum absolute atomic E-state index is 11.5. The molecule has 0 spiro atoms. The normalized spacial score (nSPS) is 12.3. The van der Waals surface area contributed by atoms with Crippen LogP contribution in [0.25, 0.3) is 21.8 Å². The summed E-state index contributed by atoms with van der Waals surface area (Å²) in [5.41, 5.74) is 1.60. The Kier molecular flexibility index (Phi) is 4.67. The zero-order valence-corrected chi connectivity index (χ0v) is 14.0. The molecular formula is C18H19N3O4. The number of rotatable bonds is 6. The highest BCUT2D eigenvalue weighted by Crippen LogP contribution is 2.38. The lowest BCUT2D eigenvalue weighted by molar-refractivity contribution is -0.383. The predicted octanol–water partition coefficient (Wildman–Crippen LogP) is 3.84. The summed E-state index contributed by atoms with van der Waals surface area (Å²) < 4.78 is 5.27. The van der Waals surface area contributed by atoms with Crippen molar-refractivity contribution in [2.45, 2.75) is 26.0 Å². The van der Waals surface area contributed by atoms with Crippen molar-refractivity contribution >= 4 is 33.2 Å². The number of pyridine rings is 1. The number of nitrogens with one attached hydrogen (secondary N) is 1. The number of fused-ring (bicyclic) bond motifs is 2. The monoisotopic (exact) mass is 341 g/mol. The molecule has 0 saturated carbocycles. The third kappa shape index (κ3) is 3.18. The van der Waals surface area contributed by atoms with Crippen LogP contribution in [0.15, 0.2) is 36.4 Å². The topological polar surface area (TPSA) is 97.5 Å². The highest BCUT2D eigenvalue weighted by Gasteiger charge is 2.20. The van der Waals surface area contributed by atoms with Gasteiger partial charge in [-0.05, 0) is 30.7 Å². The van der Waals surface area contributed by atoms with Crippen LogP contribution in [0.3, 0.4) is 0 Å². The Labute approximate surface area is 144 Å². The second-order valence-corrected chi connectivity index (χ2v) is 5.75. The van der Waals surface area contributed by atoms with Crippen LogP contribution < -0.4 is 10.1 Å². The van der Waals surface area contributed by atoms with Crippen molar-refractivity contribution < 1.29 is 14.8 Å². The summed E-state index contributed by atoms with van der Waals surface area (Å²) in [4.78, 5) is 15.6. The fourth-order valence-electron chi connectivity index (χ4n) is 2.90. The van der Waals surface area contributed by atoms with E-state index in [4.69, 9.17) is 4.74 Å². The first-order valence-electron chi connectivity index (χ1n) is 8.04. The highest BCUT2D eigenvalue weighted by molar-refractivity contribution is 6.11. The van der Waals surface area contributed by atoms with Crippen molar-refractivity contribution in [3.63, 3.8) is 0 Å². The first-order valence-corrected chi connectivity index (χ1v) is 8.04. The van der Waals surface area contributed by atoms with Gasteiger partial charge >= 0.3 is 0 Å². The molecule has 0 bridgehead atoms. The molecule has 25 heavy (non-hydrogen) atoms. The van der Waals surface area contributed by atoms with Crippen molar-refractivity contribution in [1.82, 2.24) is 4.98 Å². The van der Waals surface area contributed by atoms with Crippen molar-refractivity contribution in [2.75, 3.05) is 12.4 Å². The molecule has 2 N–H and O–H groups in total. The van der Waals surface area contributed by atoms with Crippen molar-refractivity contribution in [3.05, 3.63) is 46.5 Å². The van der Waals surface area contributed by atoms with Gasteiger partial charge in [0.15, 0.2) is 0 Å². The number of hydrogen-bond donors (Lipinski definition) is 2. The minimum atomic E-state index is -0.815. The zero-order chi connectivity index (χ0) is 18.0. The minimum Gasteiger partial charge on any atom is -0.497 e. The molecule has 7 nitrogen and oxygen atoms in total. The van der Waals surface area contributed by atoms with Gasteiger partial charge in [-0.3, -0.25) is 10.1 Å². The number of nitrogens with zero attached hydrogens (tertiary/aromatic N) is 2. The SMILES string of the molecule is CCCC(O)Nc1c2cc(OC)ccc2nc2cccc([N+](=O)[O-])c12. The number of nitro benzene ring substituents is 1. The van der Waals surface area contributed by atoms with E-state index in [0.717, 1.165) is 6.42 Å². The largest absolute Gasteiger partial charge is 0.497 e.